The first-order valence-corrected chi connectivity index (χ1v) is 6.72. The van der Waals surface area contributed by atoms with E-state index in [-0.39, 0.29) is 0 Å². The Balaban J connectivity index is 1.76. The maximum atomic E-state index is 5.73. The zero-order valence-electron chi connectivity index (χ0n) is 10.9. The maximum absolute atomic E-state index is 5.73. The van der Waals surface area contributed by atoms with Crippen molar-refractivity contribution in [1.29, 1.82) is 0 Å². The number of fused-ring (bicyclic) bond motifs is 1. The van der Waals surface area contributed by atoms with Crippen LogP contribution < -0.4 is 0 Å². The van der Waals surface area contributed by atoms with Crippen molar-refractivity contribution in [3.05, 3.63) is 96.1 Å². The standard InChI is InChI=1S/C18H14O2/c1-3-7-15(8-4-1)17-11-13-18(14-12-17,20-19-17)16-9-5-2-6-10-16/h1-14H. The molecule has 2 aliphatic heterocycles. The zero-order chi connectivity index (χ0) is 13.5. The first-order valence-electron chi connectivity index (χ1n) is 6.72. The van der Waals surface area contributed by atoms with Gasteiger partial charge in [-0.3, -0.25) is 0 Å². The fourth-order valence-electron chi connectivity index (χ4n) is 2.73. The molecule has 2 aromatic carbocycles. The lowest BCUT2D eigenvalue weighted by Gasteiger charge is -2.42. The van der Waals surface area contributed by atoms with Gasteiger partial charge in [-0.25, -0.2) is 9.78 Å². The van der Waals surface area contributed by atoms with E-state index in [0.29, 0.717) is 0 Å². The molecule has 0 spiro atoms. The van der Waals surface area contributed by atoms with Crippen molar-refractivity contribution in [2.45, 2.75) is 11.2 Å². The molecule has 0 saturated heterocycles. The number of hydrogen-bond donors (Lipinski definition) is 0. The number of benzene rings is 2. The molecule has 2 bridgehead atoms. The molecule has 2 heterocycles. The summed E-state index contributed by atoms with van der Waals surface area (Å²) >= 11 is 0. The van der Waals surface area contributed by atoms with E-state index >= 15 is 0 Å². The van der Waals surface area contributed by atoms with Crippen molar-refractivity contribution in [3.8, 4) is 0 Å². The lowest BCUT2D eigenvalue weighted by atomic mass is 9.80. The molecule has 2 nitrogen and oxygen atoms in total. The third-order valence-electron chi connectivity index (χ3n) is 3.92. The third kappa shape index (κ3) is 1.59. The van der Waals surface area contributed by atoms with Gasteiger partial charge in [0.15, 0.2) is 11.2 Å². The van der Waals surface area contributed by atoms with E-state index in [1.807, 2.05) is 60.7 Å². The summed E-state index contributed by atoms with van der Waals surface area (Å²) in [5, 5.41) is 0. The molecule has 0 fully saturated rings. The molecule has 20 heavy (non-hydrogen) atoms. The minimum Gasteiger partial charge on any atom is -0.215 e. The number of hydrogen-bond acceptors (Lipinski definition) is 2. The summed E-state index contributed by atoms with van der Waals surface area (Å²) in [7, 11) is 0. The van der Waals surface area contributed by atoms with Gasteiger partial charge in [0.05, 0.1) is 0 Å². The van der Waals surface area contributed by atoms with Crippen molar-refractivity contribution < 1.29 is 9.78 Å². The van der Waals surface area contributed by atoms with Crippen LogP contribution in [0.3, 0.4) is 0 Å². The smallest absolute Gasteiger partial charge is 0.165 e. The fourth-order valence-corrected chi connectivity index (χ4v) is 2.73. The maximum Gasteiger partial charge on any atom is 0.165 e. The molecule has 3 aliphatic rings. The molecule has 0 N–H and O–H groups in total. The second-order valence-electron chi connectivity index (χ2n) is 5.15. The molecule has 0 radical (unpaired) electrons. The Morgan fingerprint density at radius 3 is 1.15 bits per heavy atom. The van der Waals surface area contributed by atoms with E-state index in [0.717, 1.165) is 11.1 Å². The summed E-state index contributed by atoms with van der Waals surface area (Å²) in [4.78, 5) is 11.5. The molecular weight excluding hydrogens is 248 g/mol. The van der Waals surface area contributed by atoms with E-state index < -0.39 is 11.2 Å². The summed E-state index contributed by atoms with van der Waals surface area (Å²) < 4.78 is 0. The van der Waals surface area contributed by atoms with Crippen LogP contribution in [0.5, 0.6) is 0 Å². The van der Waals surface area contributed by atoms with E-state index in [1.165, 1.54) is 0 Å². The Hall–Kier alpha value is -2.16. The van der Waals surface area contributed by atoms with Gasteiger partial charge in [0.2, 0.25) is 0 Å². The predicted molar refractivity (Wildman–Crippen MR) is 76.7 cm³/mol. The highest BCUT2D eigenvalue weighted by atomic mass is 17.2. The Morgan fingerprint density at radius 2 is 0.850 bits per heavy atom. The van der Waals surface area contributed by atoms with Gasteiger partial charge < -0.3 is 0 Å². The molecule has 2 aromatic rings. The molecule has 0 atom stereocenters. The minimum atomic E-state index is -0.599. The third-order valence-corrected chi connectivity index (χ3v) is 3.92. The van der Waals surface area contributed by atoms with Crippen molar-refractivity contribution in [2.75, 3.05) is 0 Å². The summed E-state index contributed by atoms with van der Waals surface area (Å²) in [6, 6.07) is 20.2. The van der Waals surface area contributed by atoms with Crippen molar-refractivity contribution in [3.63, 3.8) is 0 Å². The van der Waals surface area contributed by atoms with Gasteiger partial charge in [0.25, 0.3) is 0 Å². The molecule has 1 aliphatic carbocycles. The van der Waals surface area contributed by atoms with E-state index in [2.05, 4.69) is 24.3 Å². The van der Waals surface area contributed by atoms with Crippen LogP contribution in [0.4, 0.5) is 0 Å². The van der Waals surface area contributed by atoms with Crippen LogP contribution in [-0.2, 0) is 21.0 Å². The molecule has 0 amide bonds. The van der Waals surface area contributed by atoms with Gasteiger partial charge in [-0.1, -0.05) is 60.7 Å². The van der Waals surface area contributed by atoms with Gasteiger partial charge in [0.1, 0.15) is 0 Å². The first kappa shape index (κ1) is 11.6. The molecule has 98 valence electrons. The Morgan fingerprint density at radius 1 is 0.500 bits per heavy atom. The van der Waals surface area contributed by atoms with Gasteiger partial charge in [-0.2, -0.15) is 0 Å². The van der Waals surface area contributed by atoms with Crippen LogP contribution in [0.25, 0.3) is 0 Å². The van der Waals surface area contributed by atoms with Crippen LogP contribution in [-0.4, -0.2) is 0 Å². The summed E-state index contributed by atoms with van der Waals surface area (Å²) in [6.45, 7) is 0. The lowest BCUT2D eigenvalue weighted by molar-refractivity contribution is -0.398. The van der Waals surface area contributed by atoms with Crippen molar-refractivity contribution in [2.24, 2.45) is 0 Å². The number of rotatable bonds is 2. The monoisotopic (exact) mass is 262 g/mol. The van der Waals surface area contributed by atoms with Crippen LogP contribution in [0.1, 0.15) is 11.1 Å². The van der Waals surface area contributed by atoms with Gasteiger partial charge in [-0.05, 0) is 35.4 Å². The van der Waals surface area contributed by atoms with Gasteiger partial charge in [0, 0.05) is 0 Å². The Kier molecular flexibility index (Phi) is 2.43. The van der Waals surface area contributed by atoms with Crippen LogP contribution in [0.2, 0.25) is 0 Å². The SMILES string of the molecule is C1=CC2(c3ccccc3)C=CC1(c1ccccc1)OO2. The van der Waals surface area contributed by atoms with Crippen LogP contribution in [0.15, 0.2) is 85.0 Å². The van der Waals surface area contributed by atoms with E-state index in [9.17, 15) is 0 Å². The topological polar surface area (TPSA) is 18.5 Å². The highest BCUT2D eigenvalue weighted by molar-refractivity contribution is 5.44. The molecule has 2 heteroatoms. The Labute approximate surface area is 117 Å². The molecular formula is C18H14O2. The molecule has 0 unspecified atom stereocenters. The second kappa shape index (κ2) is 4.17. The highest BCUT2D eigenvalue weighted by Gasteiger charge is 2.45. The largest absolute Gasteiger partial charge is 0.215 e. The molecule has 0 saturated carbocycles. The summed E-state index contributed by atoms with van der Waals surface area (Å²) in [5.41, 5.74) is 0.929. The molecule has 5 rings (SSSR count). The summed E-state index contributed by atoms with van der Waals surface area (Å²) in [6.07, 6.45) is 8.27. The van der Waals surface area contributed by atoms with Crippen LogP contribution in [0, 0.1) is 0 Å². The van der Waals surface area contributed by atoms with Crippen molar-refractivity contribution >= 4 is 0 Å². The minimum absolute atomic E-state index is 0.599. The van der Waals surface area contributed by atoms with Gasteiger partial charge >= 0.3 is 0 Å². The lowest BCUT2D eigenvalue weighted by Crippen LogP contribution is -2.42. The Bertz CT molecular complexity index is 598. The van der Waals surface area contributed by atoms with Gasteiger partial charge in [-0.15, -0.1) is 0 Å². The summed E-state index contributed by atoms with van der Waals surface area (Å²) in [5.74, 6) is 0. The van der Waals surface area contributed by atoms with E-state index in [4.69, 9.17) is 9.78 Å². The average Bonchev–Trinajstić information content (AvgIpc) is 2.58. The zero-order valence-corrected chi connectivity index (χ0v) is 10.9. The quantitative estimate of drug-likeness (QED) is 0.604. The van der Waals surface area contributed by atoms with Crippen LogP contribution >= 0.6 is 0 Å². The normalized spacial score (nSPS) is 30.6. The molecule has 0 aromatic heterocycles. The average molecular weight is 262 g/mol. The van der Waals surface area contributed by atoms with Crippen molar-refractivity contribution in [1.82, 2.24) is 0 Å². The fraction of sp³-hybridized carbons (Fsp3) is 0.111. The first-order chi connectivity index (χ1) is 9.83. The second-order valence-corrected chi connectivity index (χ2v) is 5.15. The predicted octanol–water partition coefficient (Wildman–Crippen LogP) is 3.87. The van der Waals surface area contributed by atoms with E-state index in [1.54, 1.807) is 0 Å². The highest BCUT2D eigenvalue weighted by Crippen LogP contribution is 2.46.